The van der Waals surface area contributed by atoms with Gasteiger partial charge in [0.2, 0.25) is 0 Å². The van der Waals surface area contributed by atoms with Crippen molar-refractivity contribution in [1.29, 1.82) is 0 Å². The summed E-state index contributed by atoms with van der Waals surface area (Å²) in [6.45, 7) is 1.51. The summed E-state index contributed by atoms with van der Waals surface area (Å²) in [5.74, 6) is -0.436. The molecule has 19 heavy (non-hydrogen) atoms. The normalized spacial score (nSPS) is 12.3. The van der Waals surface area contributed by atoms with Crippen molar-refractivity contribution in [3.05, 3.63) is 64.7 Å². The molecule has 0 aliphatic carbocycles. The maximum atomic E-state index is 13.9. The SMILES string of the molecule is COc1ccccc1C(N)c1cc(F)c(C)cc1F. The van der Waals surface area contributed by atoms with E-state index in [-0.39, 0.29) is 11.1 Å². The van der Waals surface area contributed by atoms with E-state index in [1.165, 1.54) is 14.0 Å². The van der Waals surface area contributed by atoms with Gasteiger partial charge in [0.05, 0.1) is 13.2 Å². The molecule has 0 aromatic heterocycles. The predicted octanol–water partition coefficient (Wildman–Crippen LogP) is 3.33. The van der Waals surface area contributed by atoms with Gasteiger partial charge in [-0.05, 0) is 30.7 Å². The van der Waals surface area contributed by atoms with Gasteiger partial charge in [-0.1, -0.05) is 18.2 Å². The van der Waals surface area contributed by atoms with Crippen LogP contribution in [0.3, 0.4) is 0 Å². The van der Waals surface area contributed by atoms with Gasteiger partial charge in [-0.3, -0.25) is 0 Å². The average molecular weight is 263 g/mol. The van der Waals surface area contributed by atoms with Crippen LogP contribution in [0, 0.1) is 18.6 Å². The largest absolute Gasteiger partial charge is 0.496 e. The summed E-state index contributed by atoms with van der Waals surface area (Å²) < 4.78 is 32.7. The van der Waals surface area contributed by atoms with Gasteiger partial charge in [-0.15, -0.1) is 0 Å². The second-order valence-corrected chi connectivity index (χ2v) is 4.34. The summed E-state index contributed by atoms with van der Waals surface area (Å²) in [6.07, 6.45) is 0. The number of hydrogen-bond acceptors (Lipinski definition) is 2. The molecule has 1 atom stereocenters. The van der Waals surface area contributed by atoms with Gasteiger partial charge in [0.1, 0.15) is 17.4 Å². The molecule has 2 aromatic carbocycles. The lowest BCUT2D eigenvalue weighted by molar-refractivity contribution is 0.407. The lowest BCUT2D eigenvalue weighted by Crippen LogP contribution is -2.15. The van der Waals surface area contributed by atoms with Crippen LogP contribution in [-0.4, -0.2) is 7.11 Å². The lowest BCUT2D eigenvalue weighted by Gasteiger charge is -2.17. The van der Waals surface area contributed by atoms with Gasteiger partial charge in [-0.25, -0.2) is 8.78 Å². The number of methoxy groups -OCH3 is 1. The van der Waals surface area contributed by atoms with E-state index in [0.717, 1.165) is 12.1 Å². The molecule has 0 fully saturated rings. The Balaban J connectivity index is 2.50. The first kappa shape index (κ1) is 13.5. The molecule has 2 aromatic rings. The summed E-state index contributed by atoms with van der Waals surface area (Å²) in [4.78, 5) is 0. The van der Waals surface area contributed by atoms with Crippen molar-refractivity contribution in [2.75, 3.05) is 7.11 Å². The van der Waals surface area contributed by atoms with E-state index in [9.17, 15) is 8.78 Å². The van der Waals surface area contributed by atoms with Crippen LogP contribution in [0.2, 0.25) is 0 Å². The highest BCUT2D eigenvalue weighted by Crippen LogP contribution is 2.30. The molecule has 0 amide bonds. The summed E-state index contributed by atoms with van der Waals surface area (Å²) in [5, 5.41) is 0. The van der Waals surface area contributed by atoms with E-state index in [2.05, 4.69) is 0 Å². The molecule has 0 spiro atoms. The third kappa shape index (κ3) is 2.58. The van der Waals surface area contributed by atoms with E-state index in [0.29, 0.717) is 11.3 Å². The number of benzene rings is 2. The maximum absolute atomic E-state index is 13.9. The van der Waals surface area contributed by atoms with Crippen molar-refractivity contribution in [1.82, 2.24) is 0 Å². The molecule has 0 bridgehead atoms. The van der Waals surface area contributed by atoms with Gasteiger partial charge in [0.15, 0.2) is 0 Å². The molecule has 2 rings (SSSR count). The van der Waals surface area contributed by atoms with E-state index >= 15 is 0 Å². The van der Waals surface area contributed by atoms with Gasteiger partial charge in [-0.2, -0.15) is 0 Å². The standard InChI is InChI=1S/C15H15F2NO/c1-9-7-13(17)11(8-12(9)16)15(18)10-5-3-4-6-14(10)19-2/h3-8,15H,18H2,1-2H3. The fourth-order valence-electron chi connectivity index (χ4n) is 1.99. The lowest BCUT2D eigenvalue weighted by atomic mass is 9.97. The number of ether oxygens (including phenoxy) is 1. The molecule has 0 saturated carbocycles. The number of aryl methyl sites for hydroxylation is 1. The molecule has 0 radical (unpaired) electrons. The second-order valence-electron chi connectivity index (χ2n) is 4.34. The zero-order valence-corrected chi connectivity index (χ0v) is 10.8. The third-order valence-electron chi connectivity index (χ3n) is 3.09. The topological polar surface area (TPSA) is 35.2 Å². The summed E-state index contributed by atoms with van der Waals surface area (Å²) >= 11 is 0. The van der Waals surface area contributed by atoms with E-state index in [4.69, 9.17) is 10.5 Å². The minimum Gasteiger partial charge on any atom is -0.496 e. The minimum absolute atomic E-state index is 0.118. The number of rotatable bonds is 3. The Morgan fingerprint density at radius 2 is 1.74 bits per heavy atom. The zero-order chi connectivity index (χ0) is 14.0. The van der Waals surface area contributed by atoms with Crippen molar-refractivity contribution in [2.24, 2.45) is 5.73 Å². The quantitative estimate of drug-likeness (QED) is 0.921. The van der Waals surface area contributed by atoms with Crippen LogP contribution < -0.4 is 10.5 Å². The molecule has 2 nitrogen and oxygen atoms in total. The fraction of sp³-hybridized carbons (Fsp3) is 0.200. The Kier molecular flexibility index (Phi) is 3.81. The van der Waals surface area contributed by atoms with Crippen LogP contribution in [0.5, 0.6) is 5.75 Å². The molecule has 0 heterocycles. The monoisotopic (exact) mass is 263 g/mol. The Labute approximate surface area is 110 Å². The summed E-state index contributed by atoms with van der Waals surface area (Å²) in [7, 11) is 1.51. The Hall–Kier alpha value is -1.94. The van der Waals surface area contributed by atoms with Gasteiger partial charge < -0.3 is 10.5 Å². The maximum Gasteiger partial charge on any atom is 0.128 e. The first-order valence-corrected chi connectivity index (χ1v) is 5.88. The van der Waals surface area contributed by atoms with Crippen LogP contribution in [0.25, 0.3) is 0 Å². The Morgan fingerprint density at radius 1 is 1.05 bits per heavy atom. The highest BCUT2D eigenvalue weighted by molar-refractivity contribution is 5.42. The molecular formula is C15H15F2NO. The third-order valence-corrected chi connectivity index (χ3v) is 3.09. The van der Waals surface area contributed by atoms with Gasteiger partial charge >= 0.3 is 0 Å². The van der Waals surface area contributed by atoms with Crippen LogP contribution in [-0.2, 0) is 0 Å². The summed E-state index contributed by atoms with van der Waals surface area (Å²) in [6, 6.07) is 8.56. The van der Waals surface area contributed by atoms with Crippen LogP contribution in [0.4, 0.5) is 8.78 Å². The van der Waals surface area contributed by atoms with Crippen LogP contribution in [0.15, 0.2) is 36.4 Å². The molecule has 4 heteroatoms. The Bertz CT molecular complexity index is 599. The van der Waals surface area contributed by atoms with Crippen molar-refractivity contribution in [2.45, 2.75) is 13.0 Å². The van der Waals surface area contributed by atoms with E-state index in [1.54, 1.807) is 24.3 Å². The Morgan fingerprint density at radius 3 is 2.42 bits per heavy atom. The number of halogens is 2. The molecule has 100 valence electrons. The van der Waals surface area contributed by atoms with Gasteiger partial charge in [0, 0.05) is 11.1 Å². The predicted molar refractivity (Wildman–Crippen MR) is 70.1 cm³/mol. The molecule has 0 aliphatic heterocycles. The van der Waals surface area contributed by atoms with Gasteiger partial charge in [0.25, 0.3) is 0 Å². The van der Waals surface area contributed by atoms with Crippen molar-refractivity contribution >= 4 is 0 Å². The first-order chi connectivity index (χ1) is 9.04. The molecule has 0 aliphatic rings. The minimum atomic E-state index is -0.772. The molecule has 0 saturated heterocycles. The highest BCUT2D eigenvalue weighted by atomic mass is 19.1. The first-order valence-electron chi connectivity index (χ1n) is 5.88. The van der Waals surface area contributed by atoms with Crippen LogP contribution in [0.1, 0.15) is 22.7 Å². The molecular weight excluding hydrogens is 248 g/mol. The summed E-state index contributed by atoms with van der Waals surface area (Å²) in [5.41, 5.74) is 7.02. The van der Waals surface area contributed by atoms with Crippen molar-refractivity contribution < 1.29 is 13.5 Å². The zero-order valence-electron chi connectivity index (χ0n) is 10.8. The van der Waals surface area contributed by atoms with E-state index in [1.807, 2.05) is 0 Å². The molecule has 2 N–H and O–H groups in total. The highest BCUT2D eigenvalue weighted by Gasteiger charge is 2.18. The van der Waals surface area contributed by atoms with E-state index < -0.39 is 17.7 Å². The average Bonchev–Trinajstić information content (AvgIpc) is 2.42. The molecule has 1 unspecified atom stereocenters. The smallest absolute Gasteiger partial charge is 0.128 e. The van der Waals surface area contributed by atoms with Crippen molar-refractivity contribution in [3.63, 3.8) is 0 Å². The second kappa shape index (κ2) is 5.36. The number of nitrogens with two attached hydrogens (primary N) is 1. The fourth-order valence-corrected chi connectivity index (χ4v) is 1.99. The number of para-hydroxylation sites is 1. The van der Waals surface area contributed by atoms with Crippen LogP contribution >= 0.6 is 0 Å². The van der Waals surface area contributed by atoms with Crippen molar-refractivity contribution in [3.8, 4) is 5.75 Å². The number of hydrogen-bond donors (Lipinski definition) is 1.